The molecular weight excluding hydrogens is 677 g/mol. The normalized spacial score (nSPS) is 14.4. The fourth-order valence-electron chi connectivity index (χ4n) is 9.78. The van der Waals surface area contributed by atoms with Crippen molar-refractivity contribution in [2.45, 2.75) is 38.5 Å². The molecule has 0 atom stereocenters. The van der Waals surface area contributed by atoms with Crippen LogP contribution in [0.25, 0.3) is 88.8 Å². The summed E-state index contributed by atoms with van der Waals surface area (Å²) in [5, 5.41) is 5.00. The summed E-state index contributed by atoms with van der Waals surface area (Å²) in [4.78, 5) is 10.5. The van der Waals surface area contributed by atoms with Crippen LogP contribution in [0.2, 0.25) is 0 Å². The van der Waals surface area contributed by atoms with Gasteiger partial charge in [-0.2, -0.15) is 0 Å². The molecule has 0 aliphatic heterocycles. The van der Waals surface area contributed by atoms with Gasteiger partial charge in [-0.1, -0.05) is 179 Å². The summed E-state index contributed by atoms with van der Waals surface area (Å²) in [7, 11) is 0. The van der Waals surface area contributed by atoms with Crippen LogP contribution in [0.1, 0.15) is 49.9 Å². The number of hydrogen-bond acceptors (Lipinski definition) is 2. The van der Waals surface area contributed by atoms with Crippen LogP contribution < -0.4 is 0 Å². The van der Waals surface area contributed by atoms with Crippen molar-refractivity contribution in [2.24, 2.45) is 0 Å². The van der Waals surface area contributed by atoms with Crippen molar-refractivity contribution in [2.75, 3.05) is 0 Å². The summed E-state index contributed by atoms with van der Waals surface area (Å²) in [5.41, 5.74) is 18.1. The van der Waals surface area contributed by atoms with E-state index in [1.807, 2.05) is 6.07 Å². The van der Waals surface area contributed by atoms with E-state index in [9.17, 15) is 0 Å². The molecule has 0 bridgehead atoms. The van der Waals surface area contributed by atoms with Gasteiger partial charge in [0.2, 0.25) is 0 Å². The average Bonchev–Trinajstić information content (AvgIpc) is 3.62. The van der Waals surface area contributed by atoms with Gasteiger partial charge in [-0.05, 0) is 95.4 Å². The molecule has 0 saturated carbocycles. The van der Waals surface area contributed by atoms with E-state index >= 15 is 0 Å². The van der Waals surface area contributed by atoms with E-state index in [1.54, 1.807) is 0 Å². The van der Waals surface area contributed by atoms with E-state index < -0.39 is 0 Å². The number of benzene rings is 8. The molecule has 1 aromatic heterocycles. The summed E-state index contributed by atoms with van der Waals surface area (Å²) >= 11 is 0. The van der Waals surface area contributed by atoms with Gasteiger partial charge in [-0.3, -0.25) is 0 Å². The highest BCUT2D eigenvalue weighted by molar-refractivity contribution is 6.06. The van der Waals surface area contributed by atoms with Crippen molar-refractivity contribution in [3.8, 4) is 67.3 Å². The molecule has 8 aromatic carbocycles. The third-order valence-electron chi connectivity index (χ3n) is 12.7. The van der Waals surface area contributed by atoms with Crippen molar-refractivity contribution in [1.82, 2.24) is 9.97 Å². The summed E-state index contributed by atoms with van der Waals surface area (Å²) < 4.78 is 0. The first-order valence-electron chi connectivity index (χ1n) is 19.7. The lowest BCUT2D eigenvalue weighted by Crippen LogP contribution is -2.15. The standard InChI is InChI=1S/C54H40N2/c1-53(2)45-21-13-12-20-41(45)44-30-36(24-28-46(44)53)49-32-50(56-52(55-49)34-15-6-5-7-16-34)42-27-26-37(39-18-10-11-19-40(39)42)35-22-25-43-48(31-35)54(3,4)47-29-23-33-14-8-9-17-38(33)51(43)47/h5-32H,1-4H3. The highest BCUT2D eigenvalue weighted by Gasteiger charge is 2.37. The van der Waals surface area contributed by atoms with Crippen LogP contribution in [0.3, 0.4) is 0 Å². The Bertz CT molecular complexity index is 3080. The average molecular weight is 717 g/mol. The Morgan fingerprint density at radius 3 is 1.79 bits per heavy atom. The number of fused-ring (bicyclic) bond motifs is 9. The molecule has 2 heteroatoms. The van der Waals surface area contributed by atoms with Gasteiger partial charge in [0.05, 0.1) is 11.4 Å². The van der Waals surface area contributed by atoms with Crippen LogP contribution in [0.4, 0.5) is 0 Å². The fraction of sp³-hybridized carbons (Fsp3) is 0.111. The van der Waals surface area contributed by atoms with Gasteiger partial charge >= 0.3 is 0 Å². The van der Waals surface area contributed by atoms with E-state index in [0.29, 0.717) is 0 Å². The lowest BCUT2D eigenvalue weighted by Gasteiger charge is -2.22. The summed E-state index contributed by atoms with van der Waals surface area (Å²) in [6, 6.07) is 62.1. The van der Waals surface area contributed by atoms with Gasteiger partial charge in [0.1, 0.15) is 0 Å². The van der Waals surface area contributed by atoms with Crippen molar-refractivity contribution in [3.63, 3.8) is 0 Å². The molecule has 2 nitrogen and oxygen atoms in total. The predicted molar refractivity (Wildman–Crippen MR) is 234 cm³/mol. The van der Waals surface area contributed by atoms with E-state index in [-0.39, 0.29) is 10.8 Å². The van der Waals surface area contributed by atoms with Crippen LogP contribution in [-0.2, 0) is 10.8 Å². The third kappa shape index (κ3) is 4.75. The van der Waals surface area contributed by atoms with Gasteiger partial charge in [0, 0.05) is 27.5 Å². The first kappa shape index (κ1) is 32.8. The first-order valence-corrected chi connectivity index (χ1v) is 19.7. The largest absolute Gasteiger partial charge is 0.228 e. The summed E-state index contributed by atoms with van der Waals surface area (Å²) in [6.45, 7) is 9.39. The predicted octanol–water partition coefficient (Wildman–Crippen LogP) is 14.1. The second kappa shape index (κ2) is 11.9. The molecule has 0 radical (unpaired) electrons. The molecule has 1 heterocycles. The quantitative estimate of drug-likeness (QED) is 0.181. The molecule has 2 aliphatic carbocycles. The van der Waals surface area contributed by atoms with Gasteiger partial charge in [0.15, 0.2) is 5.82 Å². The van der Waals surface area contributed by atoms with Crippen molar-refractivity contribution in [1.29, 1.82) is 0 Å². The summed E-state index contributed by atoms with van der Waals surface area (Å²) in [5.74, 6) is 0.723. The van der Waals surface area contributed by atoms with Crippen molar-refractivity contribution >= 4 is 21.5 Å². The minimum atomic E-state index is -0.110. The van der Waals surface area contributed by atoms with Crippen LogP contribution in [0.5, 0.6) is 0 Å². The zero-order valence-electron chi connectivity index (χ0n) is 32.1. The second-order valence-corrected chi connectivity index (χ2v) is 16.6. The molecule has 2 aliphatic rings. The molecule has 266 valence electrons. The Labute approximate surface area is 328 Å². The van der Waals surface area contributed by atoms with Gasteiger partial charge in [0.25, 0.3) is 0 Å². The topological polar surface area (TPSA) is 25.8 Å². The Balaban J connectivity index is 1.07. The maximum absolute atomic E-state index is 5.29. The Morgan fingerprint density at radius 2 is 0.946 bits per heavy atom. The smallest absolute Gasteiger partial charge is 0.160 e. The Morgan fingerprint density at radius 1 is 0.339 bits per heavy atom. The molecule has 56 heavy (non-hydrogen) atoms. The number of hydrogen-bond donors (Lipinski definition) is 0. The lowest BCUT2D eigenvalue weighted by atomic mass is 9.81. The molecule has 9 aromatic rings. The van der Waals surface area contributed by atoms with E-state index in [0.717, 1.165) is 33.9 Å². The molecule has 0 fully saturated rings. The molecule has 0 unspecified atom stereocenters. The molecular formula is C54H40N2. The maximum atomic E-state index is 5.29. The van der Waals surface area contributed by atoms with Crippen LogP contribution in [0.15, 0.2) is 170 Å². The Hall–Kier alpha value is -6.64. The summed E-state index contributed by atoms with van der Waals surface area (Å²) in [6.07, 6.45) is 0. The minimum Gasteiger partial charge on any atom is -0.228 e. The van der Waals surface area contributed by atoms with E-state index in [4.69, 9.17) is 9.97 Å². The molecule has 0 N–H and O–H groups in total. The monoisotopic (exact) mass is 716 g/mol. The number of rotatable bonds is 4. The number of aromatic nitrogens is 2. The second-order valence-electron chi connectivity index (χ2n) is 16.6. The zero-order chi connectivity index (χ0) is 37.8. The number of nitrogens with zero attached hydrogens (tertiary/aromatic N) is 2. The highest BCUT2D eigenvalue weighted by atomic mass is 14.9. The molecule has 11 rings (SSSR count). The fourth-order valence-corrected chi connectivity index (χ4v) is 9.78. The van der Waals surface area contributed by atoms with Gasteiger partial charge < -0.3 is 0 Å². The highest BCUT2D eigenvalue weighted by Crippen LogP contribution is 2.53. The maximum Gasteiger partial charge on any atom is 0.160 e. The minimum absolute atomic E-state index is 0.0515. The van der Waals surface area contributed by atoms with E-state index in [1.165, 1.54) is 77.2 Å². The van der Waals surface area contributed by atoms with Crippen LogP contribution in [0, 0.1) is 0 Å². The van der Waals surface area contributed by atoms with E-state index in [2.05, 4.69) is 191 Å². The SMILES string of the molecule is CC1(C)c2ccccc2-c2cc(-c3cc(-c4ccc(-c5ccc6c(c5)C(C)(C)c5ccc7ccccc7c5-6)c5ccccc45)nc(-c4ccccc4)n3)ccc21. The van der Waals surface area contributed by atoms with Gasteiger partial charge in [-0.15, -0.1) is 0 Å². The molecule has 0 amide bonds. The first-order chi connectivity index (χ1) is 27.3. The van der Waals surface area contributed by atoms with Crippen molar-refractivity contribution in [3.05, 3.63) is 192 Å². The zero-order valence-corrected chi connectivity index (χ0v) is 32.1. The third-order valence-corrected chi connectivity index (χ3v) is 12.7. The van der Waals surface area contributed by atoms with Crippen LogP contribution in [-0.4, -0.2) is 9.97 Å². The van der Waals surface area contributed by atoms with Crippen LogP contribution >= 0.6 is 0 Å². The Kier molecular flexibility index (Phi) is 6.98. The molecule has 0 spiro atoms. The van der Waals surface area contributed by atoms with Gasteiger partial charge in [-0.25, -0.2) is 9.97 Å². The van der Waals surface area contributed by atoms with Crippen molar-refractivity contribution < 1.29 is 0 Å². The molecule has 0 saturated heterocycles. The lowest BCUT2D eigenvalue weighted by molar-refractivity contribution is 0.660.